The van der Waals surface area contributed by atoms with E-state index in [1.54, 1.807) is 6.07 Å². The van der Waals surface area contributed by atoms with Crippen LogP contribution in [0.4, 0.5) is 5.69 Å². The third kappa shape index (κ3) is 3.48. The van der Waals surface area contributed by atoms with Gasteiger partial charge in [0.15, 0.2) is 0 Å². The van der Waals surface area contributed by atoms with Gasteiger partial charge in [-0.05, 0) is 23.3 Å². The van der Waals surface area contributed by atoms with Gasteiger partial charge in [-0.3, -0.25) is 0 Å². The molecule has 3 nitrogen and oxygen atoms in total. The third-order valence-electron chi connectivity index (χ3n) is 2.50. The first kappa shape index (κ1) is 12.9. The predicted molar refractivity (Wildman–Crippen MR) is 75.3 cm³/mol. The number of anilines is 1. The van der Waals surface area contributed by atoms with Gasteiger partial charge >= 0.3 is 0 Å². The molecule has 0 saturated carbocycles. The molecule has 0 radical (unpaired) electrons. The summed E-state index contributed by atoms with van der Waals surface area (Å²) < 4.78 is 6.55. The summed E-state index contributed by atoms with van der Waals surface area (Å²) in [5.41, 5.74) is 8.33. The second-order valence-corrected chi connectivity index (χ2v) is 4.90. The predicted octanol–water partition coefficient (Wildman–Crippen LogP) is 3.10. The van der Waals surface area contributed by atoms with Crippen molar-refractivity contribution < 1.29 is 9.84 Å². The molecule has 0 unspecified atom stereocenters. The van der Waals surface area contributed by atoms with Crippen LogP contribution in [-0.4, -0.2) is 5.11 Å². The summed E-state index contributed by atoms with van der Waals surface area (Å²) in [6, 6.07) is 13.1. The molecule has 0 aromatic heterocycles. The summed E-state index contributed by atoms with van der Waals surface area (Å²) in [5, 5.41) is 8.95. The standard InChI is InChI=1S/C14H14BrNO2/c15-12-5-13(16)7-14(6-12)18-9-11-3-1-10(8-17)2-4-11/h1-7,17H,8-9,16H2. The number of hydrogen-bond acceptors (Lipinski definition) is 3. The Hall–Kier alpha value is -1.52. The quantitative estimate of drug-likeness (QED) is 0.853. The van der Waals surface area contributed by atoms with Crippen molar-refractivity contribution in [2.45, 2.75) is 13.2 Å². The molecule has 0 saturated heterocycles. The molecule has 0 fully saturated rings. The van der Waals surface area contributed by atoms with E-state index in [4.69, 9.17) is 15.6 Å². The summed E-state index contributed by atoms with van der Waals surface area (Å²) in [5.74, 6) is 0.730. The van der Waals surface area contributed by atoms with E-state index in [2.05, 4.69) is 15.9 Å². The average molecular weight is 308 g/mol. The zero-order valence-corrected chi connectivity index (χ0v) is 11.4. The largest absolute Gasteiger partial charge is 0.489 e. The van der Waals surface area contributed by atoms with Gasteiger partial charge in [0.05, 0.1) is 6.61 Å². The second-order valence-electron chi connectivity index (χ2n) is 3.98. The fraction of sp³-hybridized carbons (Fsp3) is 0.143. The van der Waals surface area contributed by atoms with Crippen LogP contribution in [-0.2, 0) is 13.2 Å². The van der Waals surface area contributed by atoms with Gasteiger partial charge in [-0.15, -0.1) is 0 Å². The first-order valence-corrected chi connectivity index (χ1v) is 6.34. The van der Waals surface area contributed by atoms with Crippen molar-refractivity contribution in [3.05, 3.63) is 58.1 Å². The van der Waals surface area contributed by atoms with E-state index in [9.17, 15) is 0 Å². The lowest BCUT2D eigenvalue weighted by Gasteiger charge is -2.08. The molecule has 0 heterocycles. The Labute approximate surface area is 114 Å². The summed E-state index contributed by atoms with van der Waals surface area (Å²) in [6.07, 6.45) is 0. The van der Waals surface area contributed by atoms with Gasteiger partial charge in [-0.2, -0.15) is 0 Å². The van der Waals surface area contributed by atoms with Gasteiger partial charge in [0.2, 0.25) is 0 Å². The highest BCUT2D eigenvalue weighted by molar-refractivity contribution is 9.10. The van der Waals surface area contributed by atoms with Gasteiger partial charge < -0.3 is 15.6 Å². The number of rotatable bonds is 4. The van der Waals surface area contributed by atoms with Gasteiger partial charge in [0.25, 0.3) is 0 Å². The average Bonchev–Trinajstić information content (AvgIpc) is 2.36. The molecule has 2 rings (SSSR count). The van der Waals surface area contributed by atoms with E-state index in [-0.39, 0.29) is 6.61 Å². The number of benzene rings is 2. The van der Waals surface area contributed by atoms with Gasteiger partial charge in [0.1, 0.15) is 12.4 Å². The van der Waals surface area contributed by atoms with Gasteiger partial charge in [0, 0.05) is 16.2 Å². The highest BCUT2D eigenvalue weighted by atomic mass is 79.9. The summed E-state index contributed by atoms with van der Waals surface area (Å²) >= 11 is 3.37. The zero-order valence-electron chi connectivity index (χ0n) is 9.77. The number of ether oxygens (including phenoxy) is 1. The maximum atomic E-state index is 8.95. The Bertz CT molecular complexity index is 506. The molecular formula is C14H14BrNO2. The van der Waals surface area contributed by atoms with E-state index in [0.29, 0.717) is 12.3 Å². The molecule has 0 atom stereocenters. The number of aliphatic hydroxyl groups excluding tert-OH is 1. The Kier molecular flexibility index (Phi) is 4.23. The molecule has 0 spiro atoms. The number of hydrogen-bond donors (Lipinski definition) is 2. The summed E-state index contributed by atoms with van der Waals surface area (Å²) in [6.45, 7) is 0.533. The molecule has 2 aromatic rings. The minimum absolute atomic E-state index is 0.0588. The van der Waals surface area contributed by atoms with E-state index in [0.717, 1.165) is 21.3 Å². The van der Waals surface area contributed by atoms with Gasteiger partial charge in [-0.25, -0.2) is 0 Å². The molecule has 0 aliphatic carbocycles. The van der Waals surface area contributed by atoms with Crippen LogP contribution in [0.2, 0.25) is 0 Å². The maximum absolute atomic E-state index is 8.95. The summed E-state index contributed by atoms with van der Waals surface area (Å²) in [7, 11) is 0. The van der Waals surface area contributed by atoms with Crippen molar-refractivity contribution in [1.29, 1.82) is 0 Å². The van der Waals surface area contributed by atoms with Crippen molar-refractivity contribution >= 4 is 21.6 Å². The SMILES string of the molecule is Nc1cc(Br)cc(OCc2ccc(CO)cc2)c1. The minimum atomic E-state index is 0.0588. The highest BCUT2D eigenvalue weighted by Crippen LogP contribution is 2.23. The molecule has 0 aliphatic heterocycles. The number of nitrogens with two attached hydrogens (primary N) is 1. The second kappa shape index (κ2) is 5.89. The van der Waals surface area contributed by atoms with Crippen LogP contribution < -0.4 is 10.5 Å². The van der Waals surface area contributed by atoms with Crippen LogP contribution in [0.3, 0.4) is 0 Å². The van der Waals surface area contributed by atoms with Crippen molar-refractivity contribution in [2.75, 3.05) is 5.73 Å². The van der Waals surface area contributed by atoms with Crippen LogP contribution in [0.5, 0.6) is 5.75 Å². The van der Waals surface area contributed by atoms with Crippen molar-refractivity contribution in [3.8, 4) is 5.75 Å². The molecule has 0 bridgehead atoms. The first-order valence-electron chi connectivity index (χ1n) is 5.55. The van der Waals surface area contributed by atoms with Gasteiger partial charge in [-0.1, -0.05) is 40.2 Å². The molecule has 3 N–H and O–H groups in total. The molecule has 4 heteroatoms. The lowest BCUT2D eigenvalue weighted by atomic mass is 10.1. The smallest absolute Gasteiger partial charge is 0.122 e. The van der Waals surface area contributed by atoms with Crippen LogP contribution in [0.25, 0.3) is 0 Å². The Morgan fingerprint density at radius 2 is 1.72 bits per heavy atom. The van der Waals surface area contributed by atoms with Crippen molar-refractivity contribution in [2.24, 2.45) is 0 Å². The lowest BCUT2D eigenvalue weighted by Crippen LogP contribution is -1.97. The summed E-state index contributed by atoms with van der Waals surface area (Å²) in [4.78, 5) is 0. The highest BCUT2D eigenvalue weighted by Gasteiger charge is 1.99. The van der Waals surface area contributed by atoms with Crippen LogP contribution in [0.1, 0.15) is 11.1 Å². The van der Waals surface area contributed by atoms with E-state index >= 15 is 0 Å². The zero-order chi connectivity index (χ0) is 13.0. The molecule has 0 aliphatic rings. The topological polar surface area (TPSA) is 55.5 Å². The minimum Gasteiger partial charge on any atom is -0.489 e. The van der Waals surface area contributed by atoms with Crippen LogP contribution >= 0.6 is 15.9 Å². The number of halogens is 1. The Morgan fingerprint density at radius 1 is 1.06 bits per heavy atom. The van der Waals surface area contributed by atoms with Crippen molar-refractivity contribution in [1.82, 2.24) is 0 Å². The van der Waals surface area contributed by atoms with E-state index < -0.39 is 0 Å². The van der Waals surface area contributed by atoms with Crippen molar-refractivity contribution in [3.63, 3.8) is 0 Å². The third-order valence-corrected chi connectivity index (χ3v) is 2.96. The Balaban J connectivity index is 2.01. The lowest BCUT2D eigenvalue weighted by molar-refractivity contribution is 0.281. The van der Waals surface area contributed by atoms with Crippen LogP contribution in [0.15, 0.2) is 46.9 Å². The monoisotopic (exact) mass is 307 g/mol. The van der Waals surface area contributed by atoms with Crippen LogP contribution in [0, 0.1) is 0 Å². The molecular weight excluding hydrogens is 294 g/mol. The maximum Gasteiger partial charge on any atom is 0.122 e. The number of aliphatic hydroxyl groups is 1. The normalized spacial score (nSPS) is 10.3. The van der Waals surface area contributed by atoms with E-state index in [1.165, 1.54) is 0 Å². The first-order chi connectivity index (χ1) is 8.67. The van der Waals surface area contributed by atoms with E-state index in [1.807, 2.05) is 36.4 Å². The molecule has 18 heavy (non-hydrogen) atoms. The molecule has 0 amide bonds. The fourth-order valence-electron chi connectivity index (χ4n) is 1.58. The number of nitrogen functional groups attached to an aromatic ring is 1. The molecule has 94 valence electrons. The fourth-order valence-corrected chi connectivity index (χ4v) is 2.07. The molecule has 2 aromatic carbocycles. The Morgan fingerprint density at radius 3 is 2.33 bits per heavy atom.